The van der Waals surface area contributed by atoms with Gasteiger partial charge in [-0.15, -0.1) is 0 Å². The predicted octanol–water partition coefficient (Wildman–Crippen LogP) is 0.782. The van der Waals surface area contributed by atoms with E-state index in [-0.39, 0.29) is 42.4 Å². The molecule has 1 aromatic carbocycles. The first-order valence-corrected chi connectivity index (χ1v) is 12.1. The molecule has 0 amide bonds. The van der Waals surface area contributed by atoms with E-state index in [1.165, 1.54) is 14.7 Å². The van der Waals surface area contributed by atoms with Crippen molar-refractivity contribution in [3.63, 3.8) is 0 Å². The molecule has 1 N–H and O–H groups in total. The van der Waals surface area contributed by atoms with E-state index in [2.05, 4.69) is 4.72 Å². The summed E-state index contributed by atoms with van der Waals surface area (Å²) in [6, 6.07) is 4.25. The third-order valence-corrected chi connectivity index (χ3v) is 8.54. The highest BCUT2D eigenvalue weighted by Crippen LogP contribution is 2.26. The first-order chi connectivity index (χ1) is 13.1. The van der Waals surface area contributed by atoms with Crippen LogP contribution in [0.5, 0.6) is 0 Å². The summed E-state index contributed by atoms with van der Waals surface area (Å²) in [6.07, 6.45) is -0.206. The van der Waals surface area contributed by atoms with Gasteiger partial charge in [-0.2, -0.15) is 17.0 Å². The van der Waals surface area contributed by atoms with Crippen LogP contribution in [0.4, 0.5) is 5.69 Å². The molecule has 2 atom stereocenters. The molecule has 0 unspecified atom stereocenters. The predicted molar refractivity (Wildman–Crippen MR) is 105 cm³/mol. The van der Waals surface area contributed by atoms with Crippen LogP contribution in [0.3, 0.4) is 0 Å². The van der Waals surface area contributed by atoms with Gasteiger partial charge in [-0.25, -0.2) is 8.42 Å². The number of rotatable bonds is 5. The van der Waals surface area contributed by atoms with Crippen molar-refractivity contribution < 1.29 is 26.3 Å². The summed E-state index contributed by atoms with van der Waals surface area (Å²) in [5, 5.41) is 0. The smallest absolute Gasteiger partial charge is 0.302 e. The average Bonchev–Trinajstić information content (AvgIpc) is 2.65. The Morgan fingerprint density at radius 2 is 1.79 bits per heavy atom. The summed E-state index contributed by atoms with van der Waals surface area (Å²) in [4.78, 5) is 0.0954. The van der Waals surface area contributed by atoms with E-state index in [0.717, 1.165) is 0 Å². The van der Waals surface area contributed by atoms with Gasteiger partial charge in [0.25, 0.3) is 0 Å². The van der Waals surface area contributed by atoms with Crippen molar-refractivity contribution in [2.45, 2.75) is 37.8 Å². The summed E-state index contributed by atoms with van der Waals surface area (Å²) in [5.74, 6) is 0. The zero-order valence-electron chi connectivity index (χ0n) is 16.3. The highest BCUT2D eigenvalue weighted by Gasteiger charge is 2.34. The number of aryl methyl sites for hydroxylation is 1. The summed E-state index contributed by atoms with van der Waals surface area (Å²) in [6.45, 7) is 7.07. The fourth-order valence-electron chi connectivity index (χ4n) is 3.28. The first-order valence-electron chi connectivity index (χ1n) is 9.21. The maximum Gasteiger partial charge on any atom is 0.302 e. The van der Waals surface area contributed by atoms with Gasteiger partial charge in [-0.3, -0.25) is 4.72 Å². The van der Waals surface area contributed by atoms with E-state index in [1.807, 2.05) is 6.92 Å². The minimum Gasteiger partial charge on any atom is -0.379 e. The van der Waals surface area contributed by atoms with E-state index >= 15 is 0 Å². The zero-order valence-corrected chi connectivity index (χ0v) is 17.9. The van der Waals surface area contributed by atoms with Crippen molar-refractivity contribution >= 4 is 25.9 Å². The Bertz CT molecular complexity index is 913. The third-order valence-electron chi connectivity index (χ3n) is 4.88. The molecule has 158 valence electrons. The van der Waals surface area contributed by atoms with Crippen molar-refractivity contribution in [3.8, 4) is 0 Å². The molecule has 0 aromatic heterocycles. The van der Waals surface area contributed by atoms with E-state index < -0.39 is 20.2 Å². The molecular weight excluding hydrogens is 406 g/mol. The number of morpholine rings is 2. The van der Waals surface area contributed by atoms with E-state index in [0.29, 0.717) is 25.4 Å². The summed E-state index contributed by atoms with van der Waals surface area (Å²) in [7, 11) is -7.57. The van der Waals surface area contributed by atoms with Crippen molar-refractivity contribution in [2.75, 3.05) is 44.2 Å². The molecule has 3 rings (SSSR count). The van der Waals surface area contributed by atoms with Gasteiger partial charge in [0.15, 0.2) is 0 Å². The molecule has 9 nitrogen and oxygen atoms in total. The van der Waals surface area contributed by atoms with Gasteiger partial charge in [0.05, 0.1) is 36.5 Å². The number of anilines is 1. The van der Waals surface area contributed by atoms with Gasteiger partial charge in [-0.1, -0.05) is 6.07 Å². The average molecular weight is 434 g/mol. The minimum atomic E-state index is -3.84. The van der Waals surface area contributed by atoms with Crippen LogP contribution >= 0.6 is 0 Å². The van der Waals surface area contributed by atoms with Crippen LogP contribution < -0.4 is 4.72 Å². The molecule has 28 heavy (non-hydrogen) atoms. The van der Waals surface area contributed by atoms with Crippen molar-refractivity contribution in [3.05, 3.63) is 23.8 Å². The van der Waals surface area contributed by atoms with Gasteiger partial charge in [-0.05, 0) is 38.5 Å². The molecule has 0 bridgehead atoms. The minimum absolute atomic E-state index is 0.0954. The molecule has 0 saturated carbocycles. The molecule has 2 saturated heterocycles. The Morgan fingerprint density at radius 3 is 2.46 bits per heavy atom. The van der Waals surface area contributed by atoms with Crippen LogP contribution in [0.15, 0.2) is 23.1 Å². The maximum atomic E-state index is 13.0. The number of nitrogens with one attached hydrogen (secondary N) is 1. The number of benzene rings is 1. The van der Waals surface area contributed by atoms with Crippen LogP contribution in [0.1, 0.15) is 19.4 Å². The number of hydrogen-bond acceptors (Lipinski definition) is 6. The van der Waals surface area contributed by atoms with Gasteiger partial charge >= 0.3 is 10.2 Å². The molecule has 2 heterocycles. The summed E-state index contributed by atoms with van der Waals surface area (Å²) < 4.78 is 67.6. The number of sulfonamides is 1. The first kappa shape index (κ1) is 21.5. The Hall–Kier alpha value is -1.24. The summed E-state index contributed by atoms with van der Waals surface area (Å²) in [5.41, 5.74) is 0.770. The lowest BCUT2D eigenvalue weighted by Gasteiger charge is -2.35. The van der Waals surface area contributed by atoms with Crippen LogP contribution in [0.25, 0.3) is 0 Å². The molecule has 0 aliphatic carbocycles. The number of nitrogens with zero attached hydrogens (tertiary/aromatic N) is 2. The lowest BCUT2D eigenvalue weighted by Crippen LogP contribution is -2.51. The Kier molecular flexibility index (Phi) is 6.32. The van der Waals surface area contributed by atoms with Gasteiger partial charge < -0.3 is 9.47 Å². The van der Waals surface area contributed by atoms with Crippen LogP contribution in [-0.4, -0.2) is 77.0 Å². The monoisotopic (exact) mass is 433 g/mol. The number of ether oxygens (including phenoxy) is 2. The quantitative estimate of drug-likeness (QED) is 0.736. The van der Waals surface area contributed by atoms with Crippen LogP contribution in [0, 0.1) is 6.92 Å². The highest BCUT2D eigenvalue weighted by atomic mass is 32.2. The second-order valence-electron chi connectivity index (χ2n) is 7.17. The molecule has 11 heteroatoms. The largest absolute Gasteiger partial charge is 0.379 e. The fraction of sp³-hybridized carbons (Fsp3) is 0.647. The zero-order chi connectivity index (χ0) is 20.5. The maximum absolute atomic E-state index is 13.0. The van der Waals surface area contributed by atoms with Crippen LogP contribution in [0.2, 0.25) is 0 Å². The second kappa shape index (κ2) is 8.25. The van der Waals surface area contributed by atoms with E-state index in [1.54, 1.807) is 26.0 Å². The summed E-state index contributed by atoms with van der Waals surface area (Å²) >= 11 is 0. The highest BCUT2D eigenvalue weighted by molar-refractivity contribution is 7.90. The topological polar surface area (TPSA) is 105 Å². The van der Waals surface area contributed by atoms with Gasteiger partial charge in [0, 0.05) is 25.7 Å². The molecular formula is C17H27N3O6S2. The third kappa shape index (κ3) is 4.50. The van der Waals surface area contributed by atoms with Gasteiger partial charge in [0.2, 0.25) is 10.0 Å². The Morgan fingerprint density at radius 1 is 1.11 bits per heavy atom. The molecule has 2 aliphatic heterocycles. The van der Waals surface area contributed by atoms with E-state index in [4.69, 9.17) is 9.47 Å². The molecule has 2 fully saturated rings. The van der Waals surface area contributed by atoms with Crippen LogP contribution in [-0.2, 0) is 29.7 Å². The Balaban J connectivity index is 1.87. The SMILES string of the molecule is Cc1ccc(NS(=O)(=O)N2C[C@@H](C)OC[C@@H]2C)cc1S(=O)(=O)N1CCOCC1. The lowest BCUT2D eigenvalue weighted by atomic mass is 10.2. The fourth-order valence-corrected chi connectivity index (χ4v) is 6.42. The molecule has 2 aliphatic rings. The van der Waals surface area contributed by atoms with Crippen molar-refractivity contribution in [2.24, 2.45) is 0 Å². The van der Waals surface area contributed by atoms with E-state index in [9.17, 15) is 16.8 Å². The normalized spacial score (nSPS) is 25.5. The van der Waals surface area contributed by atoms with Crippen molar-refractivity contribution in [1.29, 1.82) is 0 Å². The standard InChI is InChI=1S/C17H27N3O6S2/c1-13-4-5-16(10-17(13)27(21,22)19-6-8-25-9-7-19)18-28(23,24)20-11-15(3)26-12-14(20)2/h4-5,10,14-15,18H,6-9,11-12H2,1-3H3/t14-,15+/m0/s1. The molecule has 1 aromatic rings. The van der Waals surface area contributed by atoms with Gasteiger partial charge in [0.1, 0.15) is 0 Å². The van der Waals surface area contributed by atoms with Crippen molar-refractivity contribution in [1.82, 2.24) is 8.61 Å². The Labute approximate surface area is 166 Å². The lowest BCUT2D eigenvalue weighted by molar-refractivity contribution is -0.0168. The molecule has 0 radical (unpaired) electrons. The number of hydrogen-bond donors (Lipinski definition) is 1. The second-order valence-corrected chi connectivity index (χ2v) is 10.7. The molecule has 0 spiro atoms.